The van der Waals surface area contributed by atoms with Gasteiger partial charge in [0.05, 0.1) is 11.9 Å². The van der Waals surface area contributed by atoms with Crippen LogP contribution in [0.15, 0.2) is 36.9 Å². The van der Waals surface area contributed by atoms with Crippen molar-refractivity contribution in [1.29, 1.82) is 0 Å². The molecule has 1 amide bonds. The highest BCUT2D eigenvalue weighted by atomic mass is 19.1. The number of hydrogen-bond acceptors (Lipinski definition) is 5. The van der Waals surface area contributed by atoms with Gasteiger partial charge in [-0.3, -0.25) is 9.89 Å². The van der Waals surface area contributed by atoms with Crippen molar-refractivity contribution in [3.05, 3.63) is 54.1 Å². The van der Waals surface area contributed by atoms with Crippen molar-refractivity contribution in [3.63, 3.8) is 0 Å². The van der Waals surface area contributed by atoms with Gasteiger partial charge < -0.3 is 10.3 Å². The molecule has 25 heavy (non-hydrogen) atoms. The quantitative estimate of drug-likeness (QED) is 0.529. The minimum atomic E-state index is -0.957. The van der Waals surface area contributed by atoms with E-state index in [0.717, 1.165) is 12.1 Å². The number of aromatic amines is 2. The summed E-state index contributed by atoms with van der Waals surface area (Å²) in [5, 5.41) is 9.01. The molecule has 10 heteroatoms. The Morgan fingerprint density at radius 1 is 1.20 bits per heavy atom. The highest BCUT2D eigenvalue weighted by molar-refractivity contribution is 6.06. The van der Waals surface area contributed by atoms with E-state index in [2.05, 4.69) is 35.5 Å². The first-order valence-corrected chi connectivity index (χ1v) is 7.08. The lowest BCUT2D eigenvalue weighted by Gasteiger charge is -2.06. The van der Waals surface area contributed by atoms with E-state index in [9.17, 15) is 13.6 Å². The van der Waals surface area contributed by atoms with Crippen LogP contribution in [-0.2, 0) is 0 Å². The summed E-state index contributed by atoms with van der Waals surface area (Å²) < 4.78 is 27.5. The molecule has 3 N–H and O–H groups in total. The SMILES string of the molecule is O=C(Nc1c[nH]nc1-c1nc2ncncc2[nH]1)c1c(F)cccc1F. The van der Waals surface area contributed by atoms with Gasteiger partial charge in [-0.15, -0.1) is 0 Å². The molecule has 0 aliphatic rings. The molecule has 0 radical (unpaired) electrons. The minimum Gasteiger partial charge on any atom is -0.334 e. The van der Waals surface area contributed by atoms with Crippen LogP contribution < -0.4 is 5.32 Å². The first-order valence-electron chi connectivity index (χ1n) is 7.08. The van der Waals surface area contributed by atoms with E-state index in [-0.39, 0.29) is 11.4 Å². The minimum absolute atomic E-state index is 0.208. The Hall–Kier alpha value is -3.69. The zero-order valence-corrected chi connectivity index (χ0v) is 12.4. The standard InChI is InChI=1S/C15H9F2N7O/c16-7-2-1-3-8(17)11(7)15(25)22-9-5-20-24-12(9)14-21-10-4-18-6-19-13(10)23-14/h1-6H,(H,20,24)(H,22,25)(H,18,19,21,23). The number of fused-ring (bicyclic) bond motifs is 1. The predicted molar refractivity (Wildman–Crippen MR) is 83.6 cm³/mol. The van der Waals surface area contributed by atoms with Crippen LogP contribution in [0.5, 0.6) is 0 Å². The van der Waals surface area contributed by atoms with Crippen LogP contribution >= 0.6 is 0 Å². The molecule has 0 saturated carbocycles. The van der Waals surface area contributed by atoms with Gasteiger partial charge in [-0.2, -0.15) is 5.10 Å². The molecule has 0 atom stereocenters. The van der Waals surface area contributed by atoms with Crippen molar-refractivity contribution >= 4 is 22.8 Å². The van der Waals surface area contributed by atoms with Gasteiger partial charge in [-0.05, 0) is 12.1 Å². The summed E-state index contributed by atoms with van der Waals surface area (Å²) in [6.07, 6.45) is 4.27. The Balaban J connectivity index is 1.69. The summed E-state index contributed by atoms with van der Waals surface area (Å²) in [5.41, 5.74) is 0.802. The molecular formula is C15H9F2N7O. The molecule has 4 rings (SSSR count). The summed E-state index contributed by atoms with van der Waals surface area (Å²) in [6.45, 7) is 0. The highest BCUT2D eigenvalue weighted by Crippen LogP contribution is 2.25. The molecule has 0 aliphatic heterocycles. The second kappa shape index (κ2) is 5.74. The Morgan fingerprint density at radius 2 is 2.00 bits per heavy atom. The molecule has 3 aromatic heterocycles. The first kappa shape index (κ1) is 14.9. The number of hydrogen-bond donors (Lipinski definition) is 3. The fraction of sp³-hybridized carbons (Fsp3) is 0. The molecule has 0 fully saturated rings. The second-order valence-electron chi connectivity index (χ2n) is 5.04. The third-order valence-corrected chi connectivity index (χ3v) is 3.46. The van der Waals surface area contributed by atoms with E-state index in [1.807, 2.05) is 0 Å². The molecule has 8 nitrogen and oxygen atoms in total. The molecular weight excluding hydrogens is 332 g/mol. The number of imidazole rings is 1. The first-order chi connectivity index (χ1) is 12.1. The van der Waals surface area contributed by atoms with E-state index >= 15 is 0 Å². The van der Waals surface area contributed by atoms with E-state index in [1.54, 1.807) is 6.20 Å². The molecule has 0 bridgehead atoms. The largest absolute Gasteiger partial charge is 0.334 e. The van der Waals surface area contributed by atoms with Crippen molar-refractivity contribution in [2.75, 3.05) is 5.32 Å². The summed E-state index contributed by atoms with van der Waals surface area (Å²) in [7, 11) is 0. The summed E-state index contributed by atoms with van der Waals surface area (Å²) in [5.74, 6) is -2.53. The second-order valence-corrected chi connectivity index (χ2v) is 5.04. The Labute approximate surface area is 138 Å². The number of anilines is 1. The third kappa shape index (κ3) is 2.59. The van der Waals surface area contributed by atoms with Crippen molar-refractivity contribution < 1.29 is 13.6 Å². The van der Waals surface area contributed by atoms with Crippen LogP contribution in [0.25, 0.3) is 22.7 Å². The smallest absolute Gasteiger partial charge is 0.261 e. The van der Waals surface area contributed by atoms with Crippen molar-refractivity contribution in [1.82, 2.24) is 30.1 Å². The Bertz CT molecular complexity index is 1040. The predicted octanol–water partition coefficient (Wildman–Crippen LogP) is 2.27. The van der Waals surface area contributed by atoms with E-state index in [0.29, 0.717) is 17.0 Å². The molecule has 0 spiro atoms. The molecule has 1 aromatic carbocycles. The molecule has 0 aliphatic carbocycles. The monoisotopic (exact) mass is 341 g/mol. The van der Waals surface area contributed by atoms with Crippen LogP contribution in [0, 0.1) is 11.6 Å². The maximum atomic E-state index is 13.7. The Kier molecular flexibility index (Phi) is 3.42. The summed E-state index contributed by atoms with van der Waals surface area (Å²) in [4.78, 5) is 27.3. The van der Waals surface area contributed by atoms with Crippen molar-refractivity contribution in [2.24, 2.45) is 0 Å². The number of carbonyl (C=O) groups is 1. The topological polar surface area (TPSA) is 112 Å². The van der Waals surface area contributed by atoms with Gasteiger partial charge in [0.15, 0.2) is 17.2 Å². The van der Waals surface area contributed by atoms with Gasteiger partial charge in [-0.1, -0.05) is 6.07 Å². The zero-order chi connectivity index (χ0) is 17.4. The van der Waals surface area contributed by atoms with Gasteiger partial charge in [0.2, 0.25) is 0 Å². The van der Waals surface area contributed by atoms with E-state index < -0.39 is 23.1 Å². The number of amides is 1. The lowest BCUT2D eigenvalue weighted by Crippen LogP contribution is -2.16. The van der Waals surface area contributed by atoms with Crippen LogP contribution in [0.4, 0.5) is 14.5 Å². The average molecular weight is 341 g/mol. The fourth-order valence-electron chi connectivity index (χ4n) is 2.34. The van der Waals surface area contributed by atoms with Crippen LogP contribution in [0.1, 0.15) is 10.4 Å². The number of rotatable bonds is 3. The van der Waals surface area contributed by atoms with Crippen LogP contribution in [0.2, 0.25) is 0 Å². The van der Waals surface area contributed by atoms with Gasteiger partial charge in [0.25, 0.3) is 5.91 Å². The maximum Gasteiger partial charge on any atom is 0.261 e. The van der Waals surface area contributed by atoms with Crippen LogP contribution in [-0.4, -0.2) is 36.0 Å². The maximum absolute atomic E-state index is 13.7. The van der Waals surface area contributed by atoms with Gasteiger partial charge >= 0.3 is 0 Å². The number of aromatic nitrogens is 6. The van der Waals surface area contributed by atoms with E-state index in [4.69, 9.17) is 0 Å². The molecule has 0 saturated heterocycles. The molecule has 0 unspecified atom stereocenters. The highest BCUT2D eigenvalue weighted by Gasteiger charge is 2.20. The van der Waals surface area contributed by atoms with Crippen LogP contribution in [0.3, 0.4) is 0 Å². The molecule has 3 heterocycles. The lowest BCUT2D eigenvalue weighted by molar-refractivity contribution is 0.101. The third-order valence-electron chi connectivity index (χ3n) is 3.46. The number of H-pyrrole nitrogens is 2. The number of carbonyl (C=O) groups excluding carboxylic acids is 1. The number of benzene rings is 1. The van der Waals surface area contributed by atoms with Gasteiger partial charge in [-0.25, -0.2) is 23.7 Å². The zero-order valence-electron chi connectivity index (χ0n) is 12.4. The lowest BCUT2D eigenvalue weighted by atomic mass is 10.2. The van der Waals surface area contributed by atoms with Crippen molar-refractivity contribution in [2.45, 2.75) is 0 Å². The number of halogens is 2. The fourth-order valence-corrected chi connectivity index (χ4v) is 2.34. The molecule has 124 valence electrons. The van der Waals surface area contributed by atoms with E-state index in [1.165, 1.54) is 18.6 Å². The normalized spacial score (nSPS) is 11.0. The van der Waals surface area contributed by atoms with Gasteiger partial charge in [0, 0.05) is 6.20 Å². The summed E-state index contributed by atoms with van der Waals surface area (Å²) >= 11 is 0. The van der Waals surface area contributed by atoms with Crippen molar-refractivity contribution in [3.8, 4) is 11.5 Å². The Morgan fingerprint density at radius 3 is 2.76 bits per heavy atom. The molecule has 4 aromatic rings. The summed E-state index contributed by atoms with van der Waals surface area (Å²) in [6, 6.07) is 3.19. The number of nitrogens with one attached hydrogen (secondary N) is 3. The van der Waals surface area contributed by atoms with Gasteiger partial charge in [0.1, 0.15) is 29.0 Å². The average Bonchev–Trinajstić information content (AvgIpc) is 3.20. The number of nitrogens with zero attached hydrogens (tertiary/aromatic N) is 4.